The summed E-state index contributed by atoms with van der Waals surface area (Å²) < 4.78 is 0. The van der Waals surface area contributed by atoms with Crippen LogP contribution in [0.4, 0.5) is 17.1 Å². The SMILES string of the molecule is Cc1cccc(N(c2cccc(C)c2)c2ccc3cc4c(cc3c2)Cc2ccc(-c3cc(C#N)cc(C#N)c3)cc2C4)c1. The number of hydrogen-bond acceptors (Lipinski definition) is 3. The summed E-state index contributed by atoms with van der Waals surface area (Å²) in [6, 6.07) is 45.1. The molecule has 0 amide bonds. The molecule has 0 aromatic heterocycles. The van der Waals surface area contributed by atoms with Crippen LogP contribution in [-0.4, -0.2) is 0 Å². The van der Waals surface area contributed by atoms with Crippen LogP contribution in [0.5, 0.6) is 0 Å². The van der Waals surface area contributed by atoms with E-state index in [1.807, 2.05) is 12.1 Å². The topological polar surface area (TPSA) is 50.8 Å². The van der Waals surface area contributed by atoms with Gasteiger partial charge in [-0.25, -0.2) is 0 Å². The van der Waals surface area contributed by atoms with E-state index >= 15 is 0 Å². The Morgan fingerprint density at radius 2 is 1.07 bits per heavy atom. The van der Waals surface area contributed by atoms with Crippen LogP contribution in [0.15, 0.2) is 115 Å². The van der Waals surface area contributed by atoms with Gasteiger partial charge in [0, 0.05) is 17.1 Å². The third-order valence-electron chi connectivity index (χ3n) is 8.41. The molecule has 0 saturated carbocycles. The Morgan fingerprint density at radius 3 is 1.70 bits per heavy atom. The van der Waals surface area contributed by atoms with Crippen molar-refractivity contribution in [2.75, 3.05) is 4.90 Å². The highest BCUT2D eigenvalue weighted by Crippen LogP contribution is 2.39. The first kappa shape index (κ1) is 26.3. The summed E-state index contributed by atoms with van der Waals surface area (Å²) >= 11 is 0. The van der Waals surface area contributed by atoms with Gasteiger partial charge in [0.15, 0.2) is 0 Å². The molecule has 0 aliphatic heterocycles. The van der Waals surface area contributed by atoms with Crippen molar-refractivity contribution in [2.45, 2.75) is 26.7 Å². The number of nitrogens with zero attached hydrogens (tertiary/aromatic N) is 3. The summed E-state index contributed by atoms with van der Waals surface area (Å²) in [6.07, 6.45) is 1.74. The number of aryl methyl sites for hydroxylation is 2. The molecular weight excluding hydrogens is 522 g/mol. The predicted molar refractivity (Wildman–Crippen MR) is 175 cm³/mol. The highest BCUT2D eigenvalue weighted by Gasteiger charge is 2.19. The Bertz CT molecular complexity index is 2060. The minimum absolute atomic E-state index is 0.506. The van der Waals surface area contributed by atoms with Crippen LogP contribution < -0.4 is 4.90 Å². The highest BCUT2D eigenvalue weighted by molar-refractivity contribution is 5.91. The maximum Gasteiger partial charge on any atom is 0.0992 e. The molecule has 6 aromatic carbocycles. The number of hydrogen-bond donors (Lipinski definition) is 0. The zero-order chi connectivity index (χ0) is 29.5. The third-order valence-corrected chi connectivity index (χ3v) is 8.41. The minimum atomic E-state index is 0.506. The van der Waals surface area contributed by atoms with Crippen molar-refractivity contribution < 1.29 is 0 Å². The molecule has 1 aliphatic carbocycles. The van der Waals surface area contributed by atoms with Gasteiger partial charge in [-0.1, -0.05) is 60.7 Å². The van der Waals surface area contributed by atoms with Gasteiger partial charge in [0.25, 0.3) is 0 Å². The normalized spacial score (nSPS) is 11.7. The third kappa shape index (κ3) is 5.03. The Hall–Kier alpha value is -5.64. The van der Waals surface area contributed by atoms with Gasteiger partial charge in [0.1, 0.15) is 0 Å². The number of anilines is 3. The summed E-state index contributed by atoms with van der Waals surface area (Å²) in [7, 11) is 0. The van der Waals surface area contributed by atoms with Gasteiger partial charge < -0.3 is 4.90 Å². The van der Waals surface area contributed by atoms with E-state index in [1.54, 1.807) is 6.07 Å². The molecule has 0 unspecified atom stereocenters. The van der Waals surface area contributed by atoms with E-state index in [0.717, 1.165) is 41.0 Å². The first-order valence-corrected chi connectivity index (χ1v) is 14.5. The van der Waals surface area contributed by atoms with E-state index in [1.165, 1.54) is 44.2 Å². The second kappa shape index (κ2) is 10.6. The van der Waals surface area contributed by atoms with E-state index in [9.17, 15) is 10.5 Å². The fourth-order valence-corrected chi connectivity index (χ4v) is 6.31. The van der Waals surface area contributed by atoms with Crippen LogP contribution in [0.2, 0.25) is 0 Å². The summed E-state index contributed by atoms with van der Waals surface area (Å²) in [5.74, 6) is 0. The smallest absolute Gasteiger partial charge is 0.0992 e. The lowest BCUT2D eigenvalue weighted by Crippen LogP contribution is -2.10. The van der Waals surface area contributed by atoms with Gasteiger partial charge in [0.05, 0.1) is 23.3 Å². The predicted octanol–water partition coefficient (Wildman–Crippen LogP) is 9.83. The fourth-order valence-electron chi connectivity index (χ4n) is 6.31. The number of fused-ring (bicyclic) bond motifs is 3. The zero-order valence-corrected chi connectivity index (χ0v) is 24.2. The molecule has 0 fully saturated rings. The standard InChI is InChI=1S/C40H29N3/c1-26-5-3-7-38(13-26)43(39-8-4-6-27(2)14-39)40-12-11-32-20-35-21-34-18-30(33-16-28(24-41)15-29(17-33)25-42)9-10-31(34)19-36(35)22-37(32)23-40/h3-18,20,22-23H,19,21H2,1-2H3. The van der Waals surface area contributed by atoms with E-state index in [2.05, 4.69) is 128 Å². The van der Waals surface area contributed by atoms with Crippen LogP contribution in [0, 0.1) is 36.5 Å². The van der Waals surface area contributed by atoms with Gasteiger partial charge in [-0.05, 0) is 137 Å². The quantitative estimate of drug-likeness (QED) is 0.219. The summed E-state index contributed by atoms with van der Waals surface area (Å²) in [5.41, 5.74) is 14.2. The Labute approximate surface area is 252 Å². The average molecular weight is 552 g/mol. The fraction of sp³-hybridized carbons (Fsp3) is 0.100. The van der Waals surface area contributed by atoms with Gasteiger partial charge in [-0.15, -0.1) is 0 Å². The molecule has 0 atom stereocenters. The van der Waals surface area contributed by atoms with Crippen molar-refractivity contribution in [3.63, 3.8) is 0 Å². The van der Waals surface area contributed by atoms with Crippen molar-refractivity contribution in [1.82, 2.24) is 0 Å². The molecule has 204 valence electrons. The minimum Gasteiger partial charge on any atom is -0.310 e. The van der Waals surface area contributed by atoms with E-state index in [4.69, 9.17) is 0 Å². The lowest BCUT2D eigenvalue weighted by molar-refractivity contribution is 1.01. The average Bonchev–Trinajstić information content (AvgIpc) is 3.02. The molecule has 3 nitrogen and oxygen atoms in total. The lowest BCUT2D eigenvalue weighted by Gasteiger charge is -2.27. The first-order valence-electron chi connectivity index (χ1n) is 14.5. The van der Waals surface area contributed by atoms with Crippen LogP contribution in [0.3, 0.4) is 0 Å². The molecule has 0 heterocycles. The highest BCUT2D eigenvalue weighted by atomic mass is 15.1. The van der Waals surface area contributed by atoms with E-state index in [-0.39, 0.29) is 0 Å². The van der Waals surface area contributed by atoms with Gasteiger partial charge in [0.2, 0.25) is 0 Å². The van der Waals surface area contributed by atoms with Gasteiger partial charge in [-0.3, -0.25) is 0 Å². The molecule has 3 heteroatoms. The van der Waals surface area contributed by atoms with Crippen molar-refractivity contribution in [2.24, 2.45) is 0 Å². The lowest BCUT2D eigenvalue weighted by atomic mass is 9.83. The van der Waals surface area contributed by atoms with Crippen LogP contribution in [0.25, 0.3) is 21.9 Å². The first-order chi connectivity index (χ1) is 21.0. The molecular formula is C40H29N3. The van der Waals surface area contributed by atoms with E-state index < -0.39 is 0 Å². The molecule has 43 heavy (non-hydrogen) atoms. The Kier molecular flexibility index (Phi) is 6.50. The molecule has 0 bridgehead atoms. The molecule has 1 aliphatic rings. The van der Waals surface area contributed by atoms with Gasteiger partial charge in [-0.2, -0.15) is 10.5 Å². The molecule has 0 radical (unpaired) electrons. The van der Waals surface area contributed by atoms with Gasteiger partial charge >= 0.3 is 0 Å². The maximum atomic E-state index is 9.44. The number of benzene rings is 6. The largest absolute Gasteiger partial charge is 0.310 e. The van der Waals surface area contributed by atoms with Crippen LogP contribution in [0.1, 0.15) is 44.5 Å². The molecule has 7 rings (SSSR count). The number of nitriles is 2. The van der Waals surface area contributed by atoms with Crippen molar-refractivity contribution in [3.8, 4) is 23.3 Å². The van der Waals surface area contributed by atoms with Crippen LogP contribution >= 0.6 is 0 Å². The van der Waals surface area contributed by atoms with Crippen molar-refractivity contribution >= 4 is 27.8 Å². The summed E-state index contributed by atoms with van der Waals surface area (Å²) in [5, 5.41) is 21.3. The van der Waals surface area contributed by atoms with E-state index in [0.29, 0.717) is 11.1 Å². The molecule has 0 N–H and O–H groups in total. The molecule has 0 saturated heterocycles. The monoisotopic (exact) mass is 551 g/mol. The van der Waals surface area contributed by atoms with Crippen molar-refractivity contribution in [3.05, 3.63) is 160 Å². The molecule has 6 aromatic rings. The zero-order valence-electron chi connectivity index (χ0n) is 24.2. The summed E-state index contributed by atoms with van der Waals surface area (Å²) in [4.78, 5) is 2.34. The Balaban J connectivity index is 1.26. The Morgan fingerprint density at radius 1 is 0.488 bits per heavy atom. The second-order valence-corrected chi connectivity index (χ2v) is 11.5. The van der Waals surface area contributed by atoms with Crippen LogP contribution in [-0.2, 0) is 12.8 Å². The molecule has 0 spiro atoms. The maximum absolute atomic E-state index is 9.44. The second-order valence-electron chi connectivity index (χ2n) is 11.5. The van der Waals surface area contributed by atoms with Crippen molar-refractivity contribution in [1.29, 1.82) is 10.5 Å². The number of rotatable bonds is 4. The summed E-state index contributed by atoms with van der Waals surface area (Å²) in [6.45, 7) is 4.27.